The third-order valence-corrected chi connectivity index (χ3v) is 3.75. The first-order valence-corrected chi connectivity index (χ1v) is 6.20. The normalized spacial score (nSPS) is 31.9. The number of aliphatic hydroxyl groups excluding tert-OH is 1. The van der Waals surface area contributed by atoms with E-state index in [0.717, 1.165) is 25.7 Å². The lowest BCUT2D eigenvalue weighted by molar-refractivity contribution is -0.153. The minimum Gasteiger partial charge on any atom is -0.396 e. The molecule has 0 aromatic carbocycles. The Kier molecular flexibility index (Phi) is 3.59. The van der Waals surface area contributed by atoms with Crippen molar-refractivity contribution in [3.05, 3.63) is 0 Å². The minimum absolute atomic E-state index is 0.0402. The smallest absolute Gasteiger partial charge is 0.229 e. The van der Waals surface area contributed by atoms with Crippen LogP contribution < -0.4 is 0 Å². The van der Waals surface area contributed by atoms with E-state index < -0.39 is 0 Å². The Bertz CT molecular complexity index is 274. The van der Waals surface area contributed by atoms with Crippen molar-refractivity contribution in [2.24, 2.45) is 5.92 Å². The Morgan fingerprint density at radius 1 is 1.06 bits per heavy atom. The van der Waals surface area contributed by atoms with E-state index in [4.69, 9.17) is 0 Å². The lowest BCUT2D eigenvalue weighted by atomic mass is 9.83. The lowest BCUT2D eigenvalue weighted by Crippen LogP contribution is -2.51. The zero-order chi connectivity index (χ0) is 11.5. The highest BCUT2D eigenvalue weighted by Crippen LogP contribution is 2.30. The number of carbonyl (C=O) groups excluding carboxylic acids is 2. The second kappa shape index (κ2) is 4.95. The summed E-state index contributed by atoms with van der Waals surface area (Å²) in [6.45, 7) is 0.0850. The average molecular weight is 225 g/mol. The summed E-state index contributed by atoms with van der Waals surface area (Å²) in [6.07, 6.45) is 5.60. The molecule has 1 heterocycles. The van der Waals surface area contributed by atoms with Crippen LogP contribution in [0.15, 0.2) is 0 Å². The summed E-state index contributed by atoms with van der Waals surface area (Å²) in [6, 6.07) is -0.0425. The molecular weight excluding hydrogens is 206 g/mol. The van der Waals surface area contributed by atoms with Crippen LogP contribution in [0.5, 0.6) is 0 Å². The van der Waals surface area contributed by atoms with E-state index in [2.05, 4.69) is 0 Å². The number of likely N-dealkylation sites (tertiary alicyclic amines) is 1. The number of hydrogen-bond acceptors (Lipinski definition) is 3. The number of aliphatic hydroxyl groups is 1. The summed E-state index contributed by atoms with van der Waals surface area (Å²) in [4.78, 5) is 25.0. The maximum atomic E-state index is 11.8. The third kappa shape index (κ3) is 2.12. The molecule has 2 rings (SSSR count). The van der Waals surface area contributed by atoms with E-state index in [1.807, 2.05) is 0 Å². The molecule has 0 aromatic rings. The Hall–Kier alpha value is -0.900. The van der Waals surface area contributed by atoms with Gasteiger partial charge >= 0.3 is 0 Å². The molecule has 2 unspecified atom stereocenters. The van der Waals surface area contributed by atoms with Crippen molar-refractivity contribution >= 4 is 11.8 Å². The molecule has 1 saturated heterocycles. The van der Waals surface area contributed by atoms with Gasteiger partial charge in [0.25, 0.3) is 0 Å². The van der Waals surface area contributed by atoms with Crippen LogP contribution in [-0.4, -0.2) is 34.5 Å². The zero-order valence-corrected chi connectivity index (χ0v) is 9.52. The molecular formula is C12H19NO3. The van der Waals surface area contributed by atoms with Gasteiger partial charge in [-0.05, 0) is 19.3 Å². The fourth-order valence-corrected chi connectivity index (χ4v) is 2.88. The van der Waals surface area contributed by atoms with Gasteiger partial charge in [-0.15, -0.1) is 0 Å². The Morgan fingerprint density at radius 2 is 1.69 bits per heavy atom. The highest BCUT2D eigenvalue weighted by molar-refractivity contribution is 5.97. The van der Waals surface area contributed by atoms with Gasteiger partial charge in [-0.25, -0.2) is 0 Å². The summed E-state index contributed by atoms with van der Waals surface area (Å²) in [5.74, 6) is 0.0166. The highest BCUT2D eigenvalue weighted by Gasteiger charge is 2.37. The van der Waals surface area contributed by atoms with Crippen molar-refractivity contribution in [2.45, 2.75) is 51.0 Å². The van der Waals surface area contributed by atoms with Gasteiger partial charge in [0.15, 0.2) is 0 Å². The molecule has 1 N–H and O–H groups in total. The van der Waals surface area contributed by atoms with Crippen LogP contribution in [0.3, 0.4) is 0 Å². The first-order chi connectivity index (χ1) is 7.74. The second-order valence-corrected chi connectivity index (χ2v) is 4.81. The zero-order valence-electron chi connectivity index (χ0n) is 9.52. The largest absolute Gasteiger partial charge is 0.396 e. The first kappa shape index (κ1) is 11.6. The van der Waals surface area contributed by atoms with E-state index >= 15 is 0 Å². The maximum absolute atomic E-state index is 11.8. The molecule has 0 radical (unpaired) electrons. The van der Waals surface area contributed by atoms with Gasteiger partial charge in [-0.2, -0.15) is 0 Å². The maximum Gasteiger partial charge on any atom is 0.229 e. The Morgan fingerprint density at radius 3 is 2.31 bits per heavy atom. The summed E-state index contributed by atoms with van der Waals surface area (Å²) in [5.41, 5.74) is 0. The molecule has 1 saturated carbocycles. The van der Waals surface area contributed by atoms with Crippen molar-refractivity contribution in [3.63, 3.8) is 0 Å². The van der Waals surface area contributed by atoms with Crippen LogP contribution in [-0.2, 0) is 9.59 Å². The fourth-order valence-electron chi connectivity index (χ4n) is 2.88. The molecule has 0 spiro atoms. The van der Waals surface area contributed by atoms with E-state index in [9.17, 15) is 14.7 Å². The highest BCUT2D eigenvalue weighted by atomic mass is 16.3. The number of amides is 2. The molecule has 2 atom stereocenters. The lowest BCUT2D eigenvalue weighted by Gasteiger charge is -2.39. The van der Waals surface area contributed by atoms with Gasteiger partial charge in [-0.1, -0.05) is 12.8 Å². The van der Waals surface area contributed by atoms with Gasteiger partial charge in [0.1, 0.15) is 0 Å². The molecule has 2 aliphatic rings. The molecule has 2 amide bonds. The van der Waals surface area contributed by atoms with Gasteiger partial charge in [0.05, 0.1) is 0 Å². The molecule has 1 aliphatic carbocycles. The van der Waals surface area contributed by atoms with Crippen LogP contribution in [0, 0.1) is 5.92 Å². The van der Waals surface area contributed by atoms with E-state index in [-0.39, 0.29) is 30.4 Å². The fraction of sp³-hybridized carbons (Fsp3) is 0.833. The number of hydrogen-bond donors (Lipinski definition) is 1. The number of rotatable bonds is 2. The third-order valence-electron chi connectivity index (χ3n) is 3.75. The molecule has 16 heavy (non-hydrogen) atoms. The Labute approximate surface area is 95.6 Å². The molecule has 2 fully saturated rings. The van der Waals surface area contributed by atoms with Crippen molar-refractivity contribution in [1.29, 1.82) is 0 Å². The molecule has 90 valence electrons. The second-order valence-electron chi connectivity index (χ2n) is 4.81. The summed E-state index contributed by atoms with van der Waals surface area (Å²) >= 11 is 0. The Balaban J connectivity index is 2.13. The number of nitrogens with zero attached hydrogens (tertiary/aromatic N) is 1. The number of piperidine rings is 1. The van der Waals surface area contributed by atoms with E-state index in [1.165, 1.54) is 4.90 Å². The van der Waals surface area contributed by atoms with Crippen molar-refractivity contribution < 1.29 is 14.7 Å². The van der Waals surface area contributed by atoms with Gasteiger partial charge in [0.2, 0.25) is 11.8 Å². The van der Waals surface area contributed by atoms with Gasteiger partial charge in [-0.3, -0.25) is 14.5 Å². The van der Waals surface area contributed by atoms with Gasteiger partial charge in [0, 0.05) is 31.4 Å². The summed E-state index contributed by atoms with van der Waals surface area (Å²) < 4.78 is 0. The van der Waals surface area contributed by atoms with E-state index in [0.29, 0.717) is 19.3 Å². The van der Waals surface area contributed by atoms with Crippen molar-refractivity contribution in [1.82, 2.24) is 4.90 Å². The SMILES string of the molecule is O=C1CCCC(=O)N1C1CCCCC1CO. The summed E-state index contributed by atoms with van der Waals surface area (Å²) in [7, 11) is 0. The molecule has 1 aliphatic heterocycles. The molecule has 4 heteroatoms. The number of carbonyl (C=O) groups is 2. The average Bonchev–Trinajstić information content (AvgIpc) is 2.29. The number of imide groups is 1. The standard InChI is InChI=1S/C12H19NO3/c14-8-9-4-1-2-5-10(9)13-11(15)6-3-7-12(13)16/h9-10,14H,1-8H2. The monoisotopic (exact) mass is 225 g/mol. The topological polar surface area (TPSA) is 57.6 Å². The van der Waals surface area contributed by atoms with Crippen LogP contribution in [0.4, 0.5) is 0 Å². The van der Waals surface area contributed by atoms with Crippen molar-refractivity contribution in [3.8, 4) is 0 Å². The molecule has 0 bridgehead atoms. The quantitative estimate of drug-likeness (QED) is 0.715. The first-order valence-electron chi connectivity index (χ1n) is 6.20. The predicted octanol–water partition coefficient (Wildman–Crippen LogP) is 1.08. The molecule has 0 aromatic heterocycles. The minimum atomic E-state index is -0.0425. The molecule has 4 nitrogen and oxygen atoms in total. The van der Waals surface area contributed by atoms with E-state index in [1.54, 1.807) is 0 Å². The van der Waals surface area contributed by atoms with Gasteiger partial charge < -0.3 is 5.11 Å². The van der Waals surface area contributed by atoms with Crippen LogP contribution in [0.1, 0.15) is 44.9 Å². The predicted molar refractivity (Wildman–Crippen MR) is 58.5 cm³/mol. The van der Waals surface area contributed by atoms with Crippen LogP contribution >= 0.6 is 0 Å². The van der Waals surface area contributed by atoms with Crippen molar-refractivity contribution in [2.75, 3.05) is 6.61 Å². The van der Waals surface area contributed by atoms with Crippen LogP contribution in [0.2, 0.25) is 0 Å². The van der Waals surface area contributed by atoms with Crippen LogP contribution in [0.25, 0.3) is 0 Å². The summed E-state index contributed by atoms with van der Waals surface area (Å²) in [5, 5.41) is 9.32.